The third kappa shape index (κ3) is 5.47. The van der Waals surface area contributed by atoms with Crippen LogP contribution in [0, 0.1) is 5.92 Å². The topological polar surface area (TPSA) is 162 Å². The second kappa shape index (κ2) is 8.20. The lowest BCUT2D eigenvalue weighted by Gasteiger charge is -2.20. The average Bonchev–Trinajstić information content (AvgIpc) is 2.42. The van der Waals surface area contributed by atoms with Crippen LogP contribution < -0.4 is 27.8 Å². The summed E-state index contributed by atoms with van der Waals surface area (Å²) in [6.45, 7) is 5.32. The summed E-state index contributed by atoms with van der Waals surface area (Å²) in [7, 11) is 0. The fraction of sp³-hybridized carbons (Fsp3) is 0.357. The predicted octanol–water partition coefficient (Wildman–Crippen LogP) is 0.0991. The van der Waals surface area contributed by atoms with E-state index in [1.165, 1.54) is 12.3 Å². The maximum absolute atomic E-state index is 11.5. The Labute approximate surface area is 145 Å². The molecule has 1 aromatic rings. The molecule has 0 saturated carbocycles. The van der Waals surface area contributed by atoms with Gasteiger partial charge in [0, 0.05) is 5.70 Å². The zero-order valence-corrected chi connectivity index (χ0v) is 14.5. The number of nitrogens with one attached hydrogen (secondary N) is 2. The molecule has 0 radical (unpaired) electrons. The molecule has 0 aliphatic heterocycles. The lowest BCUT2D eigenvalue weighted by Crippen LogP contribution is -2.39. The van der Waals surface area contributed by atoms with Gasteiger partial charge in [-0.15, -0.1) is 0 Å². The van der Waals surface area contributed by atoms with Gasteiger partial charge in [0.2, 0.25) is 5.91 Å². The van der Waals surface area contributed by atoms with E-state index in [4.69, 9.17) is 29.4 Å². The Kier molecular flexibility index (Phi) is 6.59. The largest absolute Gasteiger partial charge is 0.402 e. The van der Waals surface area contributed by atoms with E-state index in [1.807, 2.05) is 13.8 Å². The molecule has 2 amide bonds. The number of carbonyl (C=O) groups is 2. The molecule has 1 atom stereocenters. The Morgan fingerprint density at radius 3 is 2.38 bits per heavy atom. The average molecular weight is 351 g/mol. The smallest absolute Gasteiger partial charge is 0.271 e. The number of hydrogen-bond acceptors (Lipinski definition) is 7. The molecule has 10 heteroatoms. The van der Waals surface area contributed by atoms with E-state index in [2.05, 4.69) is 20.6 Å². The quantitative estimate of drug-likeness (QED) is 0.341. The van der Waals surface area contributed by atoms with Crippen LogP contribution >= 0.6 is 12.2 Å². The third-order valence-electron chi connectivity index (χ3n) is 2.88. The van der Waals surface area contributed by atoms with Crippen molar-refractivity contribution in [3.05, 3.63) is 23.7 Å². The molecule has 0 spiro atoms. The first kappa shape index (κ1) is 19.3. The summed E-state index contributed by atoms with van der Waals surface area (Å²) in [6.07, 6.45) is 2.78. The second-order valence-electron chi connectivity index (χ2n) is 5.46. The van der Waals surface area contributed by atoms with Gasteiger partial charge in [0.15, 0.2) is 11.5 Å². The second-order valence-corrected chi connectivity index (χ2v) is 5.90. The van der Waals surface area contributed by atoms with Gasteiger partial charge < -0.3 is 27.8 Å². The fourth-order valence-corrected chi connectivity index (χ4v) is 2.09. The molecule has 130 valence electrons. The number of primary amides is 2. The van der Waals surface area contributed by atoms with Crippen LogP contribution in [-0.2, 0) is 4.79 Å². The van der Waals surface area contributed by atoms with E-state index in [0.29, 0.717) is 5.70 Å². The zero-order valence-electron chi connectivity index (χ0n) is 13.7. The summed E-state index contributed by atoms with van der Waals surface area (Å²) in [5.74, 6) is -1.07. The van der Waals surface area contributed by atoms with E-state index < -0.39 is 17.9 Å². The molecule has 0 aromatic carbocycles. The molecule has 1 rings (SSSR count). The number of rotatable bonds is 7. The molecule has 8 N–H and O–H groups in total. The lowest BCUT2D eigenvalue weighted by atomic mass is 10.0. The first-order chi connectivity index (χ1) is 11.1. The standard InChI is InChI=1S/C14H21N7O2S/c1-6(2)10(12(16)22)19-8-5-18-11(13(17)23)14(20-8)21-9(24)4-7(3)15/h4-6,10H,15H2,1-3H3,(H2,16,22)(H2,17,23)(H2,19,20,21,24)/b7-4-. The van der Waals surface area contributed by atoms with Crippen molar-refractivity contribution in [3.63, 3.8) is 0 Å². The molecule has 0 saturated heterocycles. The molecule has 1 aromatic heterocycles. The van der Waals surface area contributed by atoms with Crippen molar-refractivity contribution >= 4 is 40.7 Å². The number of amides is 2. The maximum Gasteiger partial charge on any atom is 0.271 e. The monoisotopic (exact) mass is 351 g/mol. The van der Waals surface area contributed by atoms with Crippen molar-refractivity contribution in [3.8, 4) is 0 Å². The molecule has 9 nitrogen and oxygen atoms in total. The van der Waals surface area contributed by atoms with Gasteiger partial charge in [-0.25, -0.2) is 9.97 Å². The SMILES string of the molecule is C/C(N)=C/C(=S)Nc1nc(NC(C(N)=O)C(C)C)cnc1C(N)=O. The van der Waals surface area contributed by atoms with Gasteiger partial charge >= 0.3 is 0 Å². The minimum Gasteiger partial charge on any atom is -0.402 e. The first-order valence-electron chi connectivity index (χ1n) is 7.09. The fourth-order valence-electron chi connectivity index (χ4n) is 1.81. The summed E-state index contributed by atoms with van der Waals surface area (Å²) < 4.78 is 0. The minimum absolute atomic E-state index is 0.0574. The van der Waals surface area contributed by atoms with E-state index in [9.17, 15) is 9.59 Å². The van der Waals surface area contributed by atoms with E-state index in [-0.39, 0.29) is 28.2 Å². The highest BCUT2D eigenvalue weighted by atomic mass is 32.1. The molecule has 0 aliphatic carbocycles. The molecule has 0 fully saturated rings. The van der Waals surface area contributed by atoms with Gasteiger partial charge in [-0.2, -0.15) is 0 Å². The number of allylic oxidation sites excluding steroid dienone is 1. The highest BCUT2D eigenvalue weighted by molar-refractivity contribution is 7.81. The Balaban J connectivity index is 3.16. The van der Waals surface area contributed by atoms with Gasteiger partial charge in [-0.05, 0) is 18.9 Å². The van der Waals surface area contributed by atoms with Crippen molar-refractivity contribution < 1.29 is 9.59 Å². The van der Waals surface area contributed by atoms with Crippen LogP contribution in [0.15, 0.2) is 18.0 Å². The summed E-state index contributed by atoms with van der Waals surface area (Å²) in [5, 5.41) is 5.61. The van der Waals surface area contributed by atoms with Gasteiger partial charge in [-0.3, -0.25) is 9.59 Å². The molecular formula is C14H21N7O2S. The van der Waals surface area contributed by atoms with E-state index >= 15 is 0 Å². The number of thiocarbonyl (C=S) groups is 1. The van der Waals surface area contributed by atoms with Gasteiger partial charge in [0.25, 0.3) is 5.91 Å². The summed E-state index contributed by atoms with van der Waals surface area (Å²) in [6, 6.07) is -0.648. The normalized spacial score (nSPS) is 12.6. The molecule has 0 aliphatic rings. The highest BCUT2D eigenvalue weighted by Gasteiger charge is 2.21. The summed E-state index contributed by atoms with van der Waals surface area (Å²) in [5.41, 5.74) is 16.6. The Morgan fingerprint density at radius 1 is 1.29 bits per heavy atom. The number of hydrogen-bond donors (Lipinski definition) is 5. The maximum atomic E-state index is 11.5. The zero-order chi connectivity index (χ0) is 18.4. The van der Waals surface area contributed by atoms with Crippen LogP contribution in [0.25, 0.3) is 0 Å². The number of nitrogens with zero attached hydrogens (tertiary/aromatic N) is 2. The van der Waals surface area contributed by atoms with Gasteiger partial charge in [-0.1, -0.05) is 26.1 Å². The minimum atomic E-state index is -0.775. The Morgan fingerprint density at radius 2 is 1.92 bits per heavy atom. The molecule has 1 unspecified atom stereocenters. The van der Waals surface area contributed by atoms with Crippen molar-refractivity contribution in [2.24, 2.45) is 23.1 Å². The van der Waals surface area contributed by atoms with Crippen molar-refractivity contribution in [2.45, 2.75) is 26.8 Å². The van der Waals surface area contributed by atoms with Crippen LogP contribution in [0.4, 0.5) is 11.6 Å². The van der Waals surface area contributed by atoms with Crippen molar-refractivity contribution in [2.75, 3.05) is 10.6 Å². The molecule has 0 bridgehead atoms. The summed E-state index contributed by atoms with van der Waals surface area (Å²) in [4.78, 5) is 31.3. The number of anilines is 2. The van der Waals surface area contributed by atoms with Crippen molar-refractivity contribution in [1.29, 1.82) is 0 Å². The van der Waals surface area contributed by atoms with E-state index in [0.717, 1.165) is 0 Å². The van der Waals surface area contributed by atoms with Crippen LogP contribution in [0.1, 0.15) is 31.3 Å². The highest BCUT2D eigenvalue weighted by Crippen LogP contribution is 2.16. The van der Waals surface area contributed by atoms with Gasteiger partial charge in [0.1, 0.15) is 16.8 Å². The van der Waals surface area contributed by atoms with Crippen LogP contribution in [0.5, 0.6) is 0 Å². The lowest BCUT2D eigenvalue weighted by molar-refractivity contribution is -0.119. The van der Waals surface area contributed by atoms with Crippen LogP contribution in [0.3, 0.4) is 0 Å². The number of nitrogens with two attached hydrogens (primary N) is 3. The first-order valence-corrected chi connectivity index (χ1v) is 7.50. The Bertz CT molecular complexity index is 684. The molecule has 24 heavy (non-hydrogen) atoms. The van der Waals surface area contributed by atoms with Crippen LogP contribution in [0.2, 0.25) is 0 Å². The Hall–Kier alpha value is -2.75. The van der Waals surface area contributed by atoms with Crippen LogP contribution in [-0.4, -0.2) is 32.8 Å². The van der Waals surface area contributed by atoms with Crippen molar-refractivity contribution in [1.82, 2.24) is 9.97 Å². The number of carbonyl (C=O) groups excluding carboxylic acids is 2. The molecular weight excluding hydrogens is 330 g/mol. The molecule has 1 heterocycles. The summed E-state index contributed by atoms with van der Waals surface area (Å²) >= 11 is 5.09. The third-order valence-corrected chi connectivity index (χ3v) is 3.10. The predicted molar refractivity (Wildman–Crippen MR) is 96.2 cm³/mol. The number of aromatic nitrogens is 2. The van der Waals surface area contributed by atoms with Gasteiger partial charge in [0.05, 0.1) is 6.20 Å². The van der Waals surface area contributed by atoms with E-state index in [1.54, 1.807) is 6.92 Å².